The summed E-state index contributed by atoms with van der Waals surface area (Å²) in [6.45, 7) is 3.43. The molecule has 1 aliphatic heterocycles. The van der Waals surface area contributed by atoms with Gasteiger partial charge in [-0.3, -0.25) is 4.79 Å². The predicted molar refractivity (Wildman–Crippen MR) is 89.2 cm³/mol. The molecule has 0 unspecified atom stereocenters. The molecule has 4 rings (SSSR count). The molecule has 22 heavy (non-hydrogen) atoms. The summed E-state index contributed by atoms with van der Waals surface area (Å²) in [5.74, 6) is 2.26. The number of hydrogen-bond acceptors (Lipinski definition) is 2. The summed E-state index contributed by atoms with van der Waals surface area (Å²) < 4.78 is 0. The Labute approximate surface area is 137 Å². The summed E-state index contributed by atoms with van der Waals surface area (Å²) in [5.41, 5.74) is 1.09. The number of fused-ring (bicyclic) bond motifs is 2. The van der Waals surface area contributed by atoms with E-state index in [1.165, 1.54) is 19.3 Å². The van der Waals surface area contributed by atoms with E-state index in [2.05, 4.69) is 15.9 Å². The van der Waals surface area contributed by atoms with Crippen molar-refractivity contribution in [3.63, 3.8) is 0 Å². The highest BCUT2D eigenvalue weighted by Crippen LogP contribution is 2.48. The maximum absolute atomic E-state index is 12.8. The maximum Gasteiger partial charge on any atom is 0.226 e. The van der Waals surface area contributed by atoms with Crippen LogP contribution in [0.3, 0.4) is 0 Å². The first kappa shape index (κ1) is 14.4. The minimum Gasteiger partial charge on any atom is -0.367 e. The van der Waals surface area contributed by atoms with Crippen molar-refractivity contribution in [3.8, 4) is 0 Å². The van der Waals surface area contributed by atoms with Crippen LogP contribution in [0.5, 0.6) is 0 Å². The largest absolute Gasteiger partial charge is 0.367 e. The Morgan fingerprint density at radius 2 is 1.82 bits per heavy atom. The molecule has 2 saturated carbocycles. The van der Waals surface area contributed by atoms with Gasteiger partial charge in [-0.1, -0.05) is 30.2 Å². The number of rotatable bonds is 2. The molecule has 1 saturated heterocycles. The molecule has 1 aromatic carbocycles. The van der Waals surface area contributed by atoms with Gasteiger partial charge >= 0.3 is 0 Å². The van der Waals surface area contributed by atoms with Gasteiger partial charge in [0.05, 0.1) is 10.7 Å². The molecule has 1 amide bonds. The Balaban J connectivity index is 1.38. The number of carbonyl (C=O) groups excluding carboxylic acids is 1. The summed E-state index contributed by atoms with van der Waals surface area (Å²) in [5, 5.41) is 0.801. The molecule has 1 heterocycles. The molecule has 1 aromatic rings. The van der Waals surface area contributed by atoms with E-state index in [1.54, 1.807) is 0 Å². The van der Waals surface area contributed by atoms with Crippen molar-refractivity contribution < 1.29 is 4.79 Å². The van der Waals surface area contributed by atoms with E-state index in [9.17, 15) is 4.79 Å². The van der Waals surface area contributed by atoms with E-state index < -0.39 is 0 Å². The van der Waals surface area contributed by atoms with Gasteiger partial charge < -0.3 is 9.80 Å². The van der Waals surface area contributed by atoms with Gasteiger partial charge in [-0.2, -0.15) is 0 Å². The summed E-state index contributed by atoms with van der Waals surface area (Å²) in [7, 11) is 0. The average molecular weight is 319 g/mol. The number of halogens is 1. The van der Waals surface area contributed by atoms with Crippen LogP contribution in [0.2, 0.25) is 5.02 Å². The average Bonchev–Trinajstić information content (AvgIpc) is 3.18. The Bertz CT molecular complexity index is 568. The number of benzene rings is 1. The number of piperazine rings is 1. The number of para-hydroxylation sites is 1. The van der Waals surface area contributed by atoms with Crippen molar-refractivity contribution in [2.24, 2.45) is 17.8 Å². The van der Waals surface area contributed by atoms with Crippen molar-refractivity contribution in [1.29, 1.82) is 0 Å². The van der Waals surface area contributed by atoms with Crippen LogP contribution in [0, 0.1) is 17.8 Å². The second kappa shape index (κ2) is 5.77. The Morgan fingerprint density at radius 3 is 2.45 bits per heavy atom. The minimum atomic E-state index is 0.325. The quantitative estimate of drug-likeness (QED) is 0.834. The first-order valence-electron chi connectivity index (χ1n) is 8.50. The normalized spacial score (nSPS) is 30.9. The molecular weight excluding hydrogens is 296 g/mol. The first-order valence-corrected chi connectivity index (χ1v) is 8.88. The van der Waals surface area contributed by atoms with Gasteiger partial charge in [-0.15, -0.1) is 0 Å². The van der Waals surface area contributed by atoms with Crippen LogP contribution < -0.4 is 4.90 Å². The smallest absolute Gasteiger partial charge is 0.226 e. The van der Waals surface area contributed by atoms with E-state index in [4.69, 9.17) is 11.6 Å². The molecule has 3 aliphatic rings. The van der Waals surface area contributed by atoms with Crippen molar-refractivity contribution in [2.45, 2.75) is 25.7 Å². The van der Waals surface area contributed by atoms with E-state index in [0.717, 1.165) is 49.2 Å². The second-order valence-electron chi connectivity index (χ2n) is 7.05. The second-order valence-corrected chi connectivity index (χ2v) is 7.45. The van der Waals surface area contributed by atoms with Crippen LogP contribution in [0.25, 0.3) is 0 Å². The number of carbonyl (C=O) groups is 1. The third-order valence-corrected chi connectivity index (χ3v) is 6.16. The van der Waals surface area contributed by atoms with Gasteiger partial charge in [-0.25, -0.2) is 0 Å². The van der Waals surface area contributed by atoms with E-state index in [-0.39, 0.29) is 0 Å². The predicted octanol–water partition coefficient (Wildman–Crippen LogP) is 3.42. The van der Waals surface area contributed by atoms with Gasteiger partial charge in [0.15, 0.2) is 0 Å². The van der Waals surface area contributed by atoms with Crippen LogP contribution in [0.1, 0.15) is 25.7 Å². The number of nitrogens with zero attached hydrogens (tertiary/aromatic N) is 2. The lowest BCUT2D eigenvalue weighted by Crippen LogP contribution is -2.51. The standard InChI is InChI=1S/C18H23ClN2O/c19-16-3-1-2-4-17(16)20-7-9-21(10-8-20)18(22)15-12-13-5-6-14(15)11-13/h1-4,13-15H,5-12H2/t13-,14-,15+/m0/s1. The molecule has 0 N–H and O–H groups in total. The zero-order valence-corrected chi connectivity index (χ0v) is 13.6. The van der Waals surface area contributed by atoms with Gasteiger partial charge in [-0.05, 0) is 43.2 Å². The Morgan fingerprint density at radius 1 is 1.05 bits per heavy atom. The van der Waals surface area contributed by atoms with Crippen molar-refractivity contribution in [1.82, 2.24) is 4.90 Å². The monoisotopic (exact) mass is 318 g/mol. The first-order chi connectivity index (χ1) is 10.7. The third-order valence-electron chi connectivity index (χ3n) is 5.84. The van der Waals surface area contributed by atoms with Crippen LogP contribution in [0.15, 0.2) is 24.3 Å². The fourth-order valence-electron chi connectivity index (χ4n) is 4.66. The van der Waals surface area contributed by atoms with Crippen LogP contribution in [0.4, 0.5) is 5.69 Å². The number of hydrogen-bond donors (Lipinski definition) is 0. The zero-order chi connectivity index (χ0) is 15.1. The van der Waals surface area contributed by atoms with Crippen LogP contribution in [-0.2, 0) is 4.79 Å². The summed E-state index contributed by atoms with van der Waals surface area (Å²) in [6.07, 6.45) is 5.08. The highest BCUT2D eigenvalue weighted by atomic mass is 35.5. The lowest BCUT2D eigenvalue weighted by atomic mass is 9.87. The van der Waals surface area contributed by atoms with E-state index in [0.29, 0.717) is 17.7 Å². The van der Waals surface area contributed by atoms with Crippen molar-refractivity contribution in [2.75, 3.05) is 31.1 Å². The summed E-state index contributed by atoms with van der Waals surface area (Å²) in [4.78, 5) is 17.2. The molecule has 0 radical (unpaired) electrons. The molecule has 3 nitrogen and oxygen atoms in total. The topological polar surface area (TPSA) is 23.6 Å². The molecule has 4 heteroatoms. The molecule has 2 aliphatic carbocycles. The third kappa shape index (κ3) is 2.50. The van der Waals surface area contributed by atoms with Crippen molar-refractivity contribution in [3.05, 3.63) is 29.3 Å². The number of anilines is 1. The molecule has 118 valence electrons. The molecule has 0 aromatic heterocycles. The highest BCUT2D eigenvalue weighted by Gasteiger charge is 2.44. The van der Waals surface area contributed by atoms with E-state index >= 15 is 0 Å². The molecule has 3 fully saturated rings. The van der Waals surface area contributed by atoms with Gasteiger partial charge in [0.1, 0.15) is 0 Å². The van der Waals surface area contributed by atoms with E-state index in [1.807, 2.05) is 18.2 Å². The molecule has 2 bridgehead atoms. The highest BCUT2D eigenvalue weighted by molar-refractivity contribution is 6.33. The van der Waals surface area contributed by atoms with Crippen LogP contribution in [-0.4, -0.2) is 37.0 Å². The van der Waals surface area contributed by atoms with Gasteiger partial charge in [0.2, 0.25) is 5.91 Å². The zero-order valence-electron chi connectivity index (χ0n) is 12.9. The van der Waals surface area contributed by atoms with Crippen molar-refractivity contribution >= 4 is 23.2 Å². The fourth-order valence-corrected chi connectivity index (χ4v) is 4.91. The number of amides is 1. The van der Waals surface area contributed by atoms with Gasteiger partial charge in [0, 0.05) is 32.1 Å². The fraction of sp³-hybridized carbons (Fsp3) is 0.611. The Kier molecular flexibility index (Phi) is 3.77. The van der Waals surface area contributed by atoms with Crippen LogP contribution >= 0.6 is 11.6 Å². The van der Waals surface area contributed by atoms with Gasteiger partial charge in [0.25, 0.3) is 0 Å². The SMILES string of the molecule is O=C([C@@H]1C[C@H]2CC[C@H]1C2)N1CCN(c2ccccc2Cl)CC1. The summed E-state index contributed by atoms with van der Waals surface area (Å²) in [6, 6.07) is 7.98. The lowest BCUT2D eigenvalue weighted by molar-refractivity contribution is -0.137. The Hall–Kier alpha value is -1.22. The molecule has 3 atom stereocenters. The molecule has 0 spiro atoms. The maximum atomic E-state index is 12.8. The summed E-state index contributed by atoms with van der Waals surface area (Å²) >= 11 is 6.28. The lowest BCUT2D eigenvalue weighted by Gasteiger charge is -2.38. The molecular formula is C18H23ClN2O. The minimum absolute atomic E-state index is 0.325.